The molecule has 2 aromatic carbocycles. The first-order valence-corrected chi connectivity index (χ1v) is 12.0. The van der Waals surface area contributed by atoms with E-state index in [2.05, 4.69) is 4.98 Å². The van der Waals surface area contributed by atoms with Gasteiger partial charge in [0.05, 0.1) is 17.4 Å². The van der Waals surface area contributed by atoms with Crippen molar-refractivity contribution in [2.75, 3.05) is 7.11 Å². The Labute approximate surface area is 193 Å². The van der Waals surface area contributed by atoms with Crippen molar-refractivity contribution in [1.29, 1.82) is 0 Å². The Kier molecular flexibility index (Phi) is 5.61. The van der Waals surface area contributed by atoms with Crippen molar-refractivity contribution in [2.45, 2.75) is 24.2 Å². The van der Waals surface area contributed by atoms with Crippen molar-refractivity contribution in [3.63, 3.8) is 0 Å². The molecule has 0 saturated heterocycles. The van der Waals surface area contributed by atoms with Gasteiger partial charge in [0.1, 0.15) is 16.4 Å². The largest absolute Gasteiger partial charge is 0.497 e. The van der Waals surface area contributed by atoms with Gasteiger partial charge in [0.25, 0.3) is 5.56 Å². The standard InChI is InChI=1S/C24H19ClN2O2S2/c1-29-16-9-5-14(6-10-16)13-20(30-17-11-7-15(25)8-12-17)22-26-23(28)21-18-3-2-4-19(18)31-24(21)27-22/h5-13H,2-4H2,1H3,(H,26,27,28). The molecule has 0 amide bonds. The second-order valence-corrected chi connectivity index (χ2v) is 9.93. The zero-order valence-corrected chi connectivity index (χ0v) is 19.2. The highest BCUT2D eigenvalue weighted by Gasteiger charge is 2.22. The number of rotatable bonds is 5. The van der Waals surface area contributed by atoms with Crippen LogP contribution in [0.2, 0.25) is 5.02 Å². The fourth-order valence-corrected chi connectivity index (χ4v) is 6.05. The van der Waals surface area contributed by atoms with E-state index in [0.29, 0.717) is 10.8 Å². The lowest BCUT2D eigenvalue weighted by molar-refractivity contribution is 0.415. The molecule has 156 valence electrons. The molecule has 0 aliphatic heterocycles. The van der Waals surface area contributed by atoms with Gasteiger partial charge in [-0.05, 0) is 72.9 Å². The molecule has 0 atom stereocenters. The number of aromatic nitrogens is 2. The van der Waals surface area contributed by atoms with Crippen molar-refractivity contribution in [3.05, 3.63) is 85.7 Å². The lowest BCUT2D eigenvalue weighted by Crippen LogP contribution is -2.11. The van der Waals surface area contributed by atoms with Gasteiger partial charge < -0.3 is 9.72 Å². The highest BCUT2D eigenvalue weighted by Crippen LogP contribution is 2.38. The monoisotopic (exact) mass is 466 g/mol. The molecular weight excluding hydrogens is 448 g/mol. The van der Waals surface area contributed by atoms with Gasteiger partial charge in [-0.15, -0.1) is 11.3 Å². The number of thioether (sulfide) groups is 1. The van der Waals surface area contributed by atoms with Crippen molar-refractivity contribution in [3.8, 4) is 5.75 Å². The molecule has 0 radical (unpaired) electrons. The molecule has 7 heteroatoms. The molecule has 4 nitrogen and oxygen atoms in total. The van der Waals surface area contributed by atoms with Crippen LogP contribution >= 0.6 is 34.7 Å². The molecule has 2 aromatic heterocycles. The predicted octanol–water partition coefficient (Wildman–Crippen LogP) is 6.43. The average molecular weight is 467 g/mol. The third kappa shape index (κ3) is 4.15. The van der Waals surface area contributed by atoms with Crippen LogP contribution in [0.5, 0.6) is 5.75 Å². The second-order valence-electron chi connectivity index (χ2n) is 7.29. The zero-order valence-electron chi connectivity index (χ0n) is 16.8. The number of benzene rings is 2. The average Bonchev–Trinajstić information content (AvgIpc) is 3.36. The molecule has 1 aliphatic carbocycles. The molecule has 5 rings (SSSR count). The zero-order chi connectivity index (χ0) is 21.4. The predicted molar refractivity (Wildman–Crippen MR) is 130 cm³/mol. The van der Waals surface area contributed by atoms with Crippen LogP contribution in [-0.4, -0.2) is 17.1 Å². The number of nitrogens with zero attached hydrogens (tertiary/aromatic N) is 1. The number of methoxy groups -OCH3 is 1. The van der Waals surface area contributed by atoms with E-state index in [1.165, 1.54) is 10.4 Å². The normalized spacial score (nSPS) is 13.5. The summed E-state index contributed by atoms with van der Waals surface area (Å²) in [7, 11) is 1.65. The van der Waals surface area contributed by atoms with Gasteiger partial charge in [0.15, 0.2) is 0 Å². The van der Waals surface area contributed by atoms with E-state index in [0.717, 1.165) is 50.6 Å². The Bertz CT molecular complexity index is 1340. The Morgan fingerprint density at radius 1 is 1.16 bits per heavy atom. The molecule has 31 heavy (non-hydrogen) atoms. The van der Waals surface area contributed by atoms with E-state index in [9.17, 15) is 4.79 Å². The fourth-order valence-electron chi connectivity index (χ4n) is 3.75. The molecular formula is C24H19ClN2O2S2. The van der Waals surface area contributed by atoms with Crippen LogP contribution in [0.1, 0.15) is 28.2 Å². The number of ether oxygens (including phenoxy) is 1. The molecule has 1 aliphatic rings. The van der Waals surface area contributed by atoms with Gasteiger partial charge in [-0.3, -0.25) is 4.79 Å². The lowest BCUT2D eigenvalue weighted by atomic mass is 10.2. The van der Waals surface area contributed by atoms with Gasteiger partial charge in [-0.1, -0.05) is 35.5 Å². The van der Waals surface area contributed by atoms with Crippen LogP contribution < -0.4 is 10.3 Å². The second kappa shape index (κ2) is 8.54. The number of hydrogen-bond acceptors (Lipinski definition) is 5. The summed E-state index contributed by atoms with van der Waals surface area (Å²) in [6.45, 7) is 0. The van der Waals surface area contributed by atoms with E-state index in [1.54, 1.807) is 30.2 Å². The van der Waals surface area contributed by atoms with Gasteiger partial charge >= 0.3 is 0 Å². The summed E-state index contributed by atoms with van der Waals surface area (Å²) in [5, 5.41) is 1.45. The Morgan fingerprint density at radius 2 is 1.94 bits per heavy atom. The van der Waals surface area contributed by atoms with Crippen molar-refractivity contribution >= 4 is 55.9 Å². The van der Waals surface area contributed by atoms with E-state index in [-0.39, 0.29) is 5.56 Å². The summed E-state index contributed by atoms with van der Waals surface area (Å²) in [5.41, 5.74) is 2.12. The van der Waals surface area contributed by atoms with Crippen LogP contribution in [-0.2, 0) is 12.8 Å². The van der Waals surface area contributed by atoms with Crippen LogP contribution in [0, 0.1) is 0 Å². The topological polar surface area (TPSA) is 55.0 Å². The van der Waals surface area contributed by atoms with E-state index in [4.69, 9.17) is 21.3 Å². The van der Waals surface area contributed by atoms with Gasteiger partial charge in [0, 0.05) is 14.8 Å². The van der Waals surface area contributed by atoms with Crippen molar-refractivity contribution in [2.24, 2.45) is 0 Å². The number of fused-ring (bicyclic) bond motifs is 3. The first-order valence-electron chi connectivity index (χ1n) is 9.95. The molecule has 1 N–H and O–H groups in total. The molecule has 0 fully saturated rings. The third-order valence-electron chi connectivity index (χ3n) is 5.26. The lowest BCUT2D eigenvalue weighted by Gasteiger charge is -2.08. The SMILES string of the molecule is COc1ccc(C=C(Sc2ccc(Cl)cc2)c2nc3sc4c(c3c(=O)[nH]2)CCC4)cc1. The summed E-state index contributed by atoms with van der Waals surface area (Å²) in [6, 6.07) is 15.4. The summed E-state index contributed by atoms with van der Waals surface area (Å²) >= 11 is 9.25. The number of hydrogen-bond donors (Lipinski definition) is 1. The van der Waals surface area contributed by atoms with Crippen LogP contribution in [0.4, 0.5) is 0 Å². The Hall–Kier alpha value is -2.54. The highest BCUT2D eigenvalue weighted by atomic mass is 35.5. The van der Waals surface area contributed by atoms with Gasteiger partial charge in [0.2, 0.25) is 0 Å². The maximum atomic E-state index is 13.0. The number of thiophene rings is 1. The Morgan fingerprint density at radius 3 is 2.68 bits per heavy atom. The highest BCUT2D eigenvalue weighted by molar-refractivity contribution is 8.08. The van der Waals surface area contributed by atoms with Crippen molar-refractivity contribution in [1.82, 2.24) is 9.97 Å². The molecule has 0 saturated carbocycles. The molecule has 0 bridgehead atoms. The molecule has 0 spiro atoms. The summed E-state index contributed by atoms with van der Waals surface area (Å²) in [6.07, 6.45) is 5.16. The van der Waals surface area contributed by atoms with Gasteiger partial charge in [-0.25, -0.2) is 4.98 Å². The molecule has 0 unspecified atom stereocenters. The first kappa shape index (κ1) is 20.4. The van der Waals surface area contributed by atoms with Gasteiger partial charge in [-0.2, -0.15) is 0 Å². The minimum atomic E-state index is -0.0586. The quantitative estimate of drug-likeness (QED) is 0.344. The number of H-pyrrole nitrogens is 1. The maximum absolute atomic E-state index is 13.0. The number of aryl methyl sites for hydroxylation is 2. The maximum Gasteiger partial charge on any atom is 0.260 e. The number of aromatic amines is 1. The van der Waals surface area contributed by atoms with Crippen LogP contribution in [0.3, 0.4) is 0 Å². The molecule has 4 aromatic rings. The first-order chi connectivity index (χ1) is 15.1. The molecule has 2 heterocycles. The minimum Gasteiger partial charge on any atom is -0.497 e. The number of nitrogens with one attached hydrogen (secondary N) is 1. The van der Waals surface area contributed by atoms with E-state index >= 15 is 0 Å². The minimum absolute atomic E-state index is 0.0586. The third-order valence-corrected chi connectivity index (χ3v) is 7.74. The Balaban J connectivity index is 1.61. The summed E-state index contributed by atoms with van der Waals surface area (Å²) < 4.78 is 5.26. The summed E-state index contributed by atoms with van der Waals surface area (Å²) in [4.78, 5) is 24.9. The fraction of sp³-hybridized carbons (Fsp3) is 0.167. The smallest absolute Gasteiger partial charge is 0.260 e. The number of halogens is 1. The van der Waals surface area contributed by atoms with Crippen LogP contribution in [0.15, 0.2) is 58.2 Å². The van der Waals surface area contributed by atoms with Crippen molar-refractivity contribution < 1.29 is 4.74 Å². The van der Waals surface area contributed by atoms with Crippen LogP contribution in [0.25, 0.3) is 21.2 Å². The van der Waals surface area contributed by atoms with E-state index in [1.807, 2.05) is 54.6 Å². The summed E-state index contributed by atoms with van der Waals surface area (Å²) in [5.74, 6) is 1.37. The van der Waals surface area contributed by atoms with E-state index < -0.39 is 0 Å².